The highest BCUT2D eigenvalue weighted by Crippen LogP contribution is 2.26. The maximum absolute atomic E-state index is 12.3. The molecule has 2 amide bonds. The van der Waals surface area contributed by atoms with Gasteiger partial charge >= 0.3 is 6.03 Å². The number of nitrogens with one attached hydrogen (secondary N) is 3. The normalized spacial score (nSPS) is 11.6. The van der Waals surface area contributed by atoms with Crippen molar-refractivity contribution in [2.45, 2.75) is 12.6 Å². The van der Waals surface area contributed by atoms with E-state index in [-0.39, 0.29) is 40.3 Å². The van der Waals surface area contributed by atoms with Crippen LogP contribution in [0.2, 0.25) is 10.0 Å². The first-order valence-corrected chi connectivity index (χ1v) is 8.72. The van der Waals surface area contributed by atoms with Gasteiger partial charge in [0.15, 0.2) is 0 Å². The Labute approximate surface area is 170 Å². The molecule has 0 aliphatic heterocycles. The predicted octanol–water partition coefficient (Wildman–Crippen LogP) is 2.29. The number of benzene rings is 1. The van der Waals surface area contributed by atoms with E-state index < -0.39 is 18.7 Å². The number of urea groups is 1. The van der Waals surface area contributed by atoms with Crippen LogP contribution in [0, 0.1) is 5.41 Å². The number of nitrogens with two attached hydrogens (primary N) is 1. The number of rotatable bonds is 6. The van der Waals surface area contributed by atoms with Gasteiger partial charge in [-0.3, -0.25) is 10.7 Å². The first-order valence-electron chi connectivity index (χ1n) is 7.97. The summed E-state index contributed by atoms with van der Waals surface area (Å²) in [6, 6.07) is 4.63. The molecule has 0 saturated carbocycles. The maximum atomic E-state index is 12.3. The SMILES string of the molecule is COC(=N)c1c(N)cc(NC(=O)N[C@H](CO)c2ccc(Cl)c(Cl)c2)nc1CO. The molecule has 0 aliphatic rings. The van der Waals surface area contributed by atoms with Crippen molar-refractivity contribution in [2.24, 2.45) is 0 Å². The Morgan fingerprint density at radius 1 is 1.32 bits per heavy atom. The lowest BCUT2D eigenvalue weighted by atomic mass is 10.1. The van der Waals surface area contributed by atoms with Gasteiger partial charge in [-0.1, -0.05) is 29.3 Å². The molecule has 0 aliphatic carbocycles. The number of halogens is 2. The molecule has 2 rings (SSSR count). The Bertz CT molecular complexity index is 894. The summed E-state index contributed by atoms with van der Waals surface area (Å²) in [5.41, 5.74) is 6.76. The Morgan fingerprint density at radius 3 is 2.61 bits per heavy atom. The highest BCUT2D eigenvalue weighted by atomic mass is 35.5. The first kappa shape index (κ1) is 21.7. The minimum absolute atomic E-state index is 0.0533. The highest BCUT2D eigenvalue weighted by Gasteiger charge is 2.18. The van der Waals surface area contributed by atoms with E-state index in [1.165, 1.54) is 19.2 Å². The number of aliphatic hydroxyl groups excluding tert-OH is 2. The molecular formula is C17H19Cl2N5O4. The minimum Gasteiger partial charge on any atom is -0.481 e. The van der Waals surface area contributed by atoms with Crippen molar-refractivity contribution in [2.75, 3.05) is 24.8 Å². The van der Waals surface area contributed by atoms with Crippen molar-refractivity contribution in [1.82, 2.24) is 10.3 Å². The van der Waals surface area contributed by atoms with Gasteiger partial charge in [0.25, 0.3) is 0 Å². The van der Waals surface area contributed by atoms with Gasteiger partial charge in [0.05, 0.1) is 47.7 Å². The molecule has 0 saturated heterocycles. The van der Waals surface area contributed by atoms with Gasteiger partial charge in [-0.05, 0) is 17.7 Å². The summed E-state index contributed by atoms with van der Waals surface area (Å²) in [5.74, 6) is -0.206. The van der Waals surface area contributed by atoms with E-state index in [2.05, 4.69) is 15.6 Å². The zero-order valence-corrected chi connectivity index (χ0v) is 16.3. The molecule has 0 spiro atoms. The number of nitrogens with zero attached hydrogens (tertiary/aromatic N) is 1. The number of amides is 2. The molecule has 0 bridgehead atoms. The summed E-state index contributed by atoms with van der Waals surface area (Å²) in [6.45, 7) is -0.891. The third-order valence-electron chi connectivity index (χ3n) is 3.78. The van der Waals surface area contributed by atoms with Crippen LogP contribution in [0.4, 0.5) is 16.3 Å². The van der Waals surface area contributed by atoms with Crippen LogP contribution >= 0.6 is 23.2 Å². The molecule has 11 heteroatoms. The lowest BCUT2D eigenvalue weighted by molar-refractivity contribution is 0.225. The largest absolute Gasteiger partial charge is 0.481 e. The summed E-state index contributed by atoms with van der Waals surface area (Å²) in [7, 11) is 1.29. The summed E-state index contributed by atoms with van der Waals surface area (Å²) in [5, 5.41) is 32.5. The van der Waals surface area contributed by atoms with Crippen LogP contribution in [0.25, 0.3) is 0 Å². The monoisotopic (exact) mass is 427 g/mol. The van der Waals surface area contributed by atoms with Gasteiger partial charge in [-0.25, -0.2) is 9.78 Å². The van der Waals surface area contributed by atoms with Crippen molar-refractivity contribution in [3.63, 3.8) is 0 Å². The smallest absolute Gasteiger partial charge is 0.320 e. The second kappa shape index (κ2) is 9.56. The molecule has 0 fully saturated rings. The second-order valence-corrected chi connectivity index (χ2v) is 6.43. The van der Waals surface area contributed by atoms with Crippen LogP contribution in [-0.4, -0.2) is 40.8 Å². The van der Waals surface area contributed by atoms with Crippen molar-refractivity contribution < 1.29 is 19.7 Å². The third kappa shape index (κ3) is 5.02. The molecular weight excluding hydrogens is 409 g/mol. The number of methoxy groups -OCH3 is 1. The zero-order valence-electron chi connectivity index (χ0n) is 14.8. The Kier molecular flexibility index (Phi) is 7.41. The zero-order chi connectivity index (χ0) is 20.8. The fourth-order valence-electron chi connectivity index (χ4n) is 2.44. The summed E-state index contributed by atoms with van der Waals surface area (Å²) < 4.78 is 4.82. The summed E-state index contributed by atoms with van der Waals surface area (Å²) >= 11 is 11.8. The minimum atomic E-state index is -0.745. The number of anilines is 2. The van der Waals surface area contributed by atoms with Crippen LogP contribution in [-0.2, 0) is 11.3 Å². The van der Waals surface area contributed by atoms with E-state index in [0.29, 0.717) is 10.6 Å². The van der Waals surface area contributed by atoms with Crippen LogP contribution < -0.4 is 16.4 Å². The van der Waals surface area contributed by atoms with Crippen LogP contribution in [0.5, 0.6) is 0 Å². The van der Waals surface area contributed by atoms with Crippen molar-refractivity contribution >= 4 is 46.6 Å². The van der Waals surface area contributed by atoms with E-state index in [4.69, 9.17) is 39.1 Å². The Balaban J connectivity index is 2.18. The van der Waals surface area contributed by atoms with E-state index in [0.717, 1.165) is 0 Å². The van der Waals surface area contributed by atoms with E-state index in [1.54, 1.807) is 12.1 Å². The number of carbonyl (C=O) groups excluding carboxylic acids is 1. The first-order chi connectivity index (χ1) is 13.3. The molecule has 150 valence electrons. The van der Waals surface area contributed by atoms with Gasteiger partial charge in [0.1, 0.15) is 5.82 Å². The molecule has 1 atom stereocenters. The van der Waals surface area contributed by atoms with Crippen LogP contribution in [0.3, 0.4) is 0 Å². The van der Waals surface area contributed by atoms with Gasteiger partial charge in [-0.2, -0.15) is 0 Å². The number of ether oxygens (including phenoxy) is 1. The third-order valence-corrected chi connectivity index (χ3v) is 4.52. The van der Waals surface area contributed by atoms with Crippen LogP contribution in [0.1, 0.15) is 22.9 Å². The van der Waals surface area contributed by atoms with Crippen molar-refractivity contribution in [3.05, 3.63) is 51.1 Å². The summed E-state index contributed by atoms with van der Waals surface area (Å²) in [6.07, 6.45) is 0. The van der Waals surface area contributed by atoms with Gasteiger partial charge in [-0.15, -0.1) is 0 Å². The maximum Gasteiger partial charge on any atom is 0.320 e. The lowest BCUT2D eigenvalue weighted by Gasteiger charge is -2.18. The average Bonchev–Trinajstić information content (AvgIpc) is 2.67. The Morgan fingerprint density at radius 2 is 2.04 bits per heavy atom. The van der Waals surface area contributed by atoms with E-state index in [1.807, 2.05) is 0 Å². The van der Waals surface area contributed by atoms with Gasteiger partial charge in [0, 0.05) is 11.8 Å². The van der Waals surface area contributed by atoms with Crippen molar-refractivity contribution in [3.8, 4) is 0 Å². The number of hydrogen-bond acceptors (Lipinski definition) is 7. The predicted molar refractivity (Wildman–Crippen MR) is 107 cm³/mol. The van der Waals surface area contributed by atoms with Gasteiger partial charge in [0.2, 0.25) is 5.90 Å². The standard InChI is InChI=1S/C17H19Cl2N5O4/c1-28-16(21)15-11(20)5-14(22-13(15)7-26)24-17(27)23-12(6-25)8-2-3-9(18)10(19)4-8/h2-5,12,21,25-26H,6-7H2,1H3,(H4,20,22,23,24,27)/t12-/m1/s1. The molecule has 1 aromatic heterocycles. The molecule has 9 nitrogen and oxygen atoms in total. The summed E-state index contributed by atoms with van der Waals surface area (Å²) in [4.78, 5) is 16.4. The van der Waals surface area contributed by atoms with Crippen molar-refractivity contribution in [1.29, 1.82) is 5.41 Å². The number of aromatic nitrogens is 1. The Hall–Kier alpha value is -2.59. The number of aliphatic hydroxyl groups is 2. The fraction of sp³-hybridized carbons (Fsp3) is 0.235. The second-order valence-electron chi connectivity index (χ2n) is 5.62. The van der Waals surface area contributed by atoms with E-state index >= 15 is 0 Å². The van der Waals surface area contributed by atoms with Crippen LogP contribution in [0.15, 0.2) is 24.3 Å². The molecule has 0 unspecified atom stereocenters. The molecule has 28 heavy (non-hydrogen) atoms. The fourth-order valence-corrected chi connectivity index (χ4v) is 2.74. The lowest BCUT2D eigenvalue weighted by Crippen LogP contribution is -2.34. The quantitative estimate of drug-likeness (QED) is 0.307. The number of pyridine rings is 1. The molecule has 2 aromatic rings. The number of hydrogen-bond donors (Lipinski definition) is 6. The highest BCUT2D eigenvalue weighted by molar-refractivity contribution is 6.42. The average molecular weight is 428 g/mol. The van der Waals surface area contributed by atoms with E-state index in [9.17, 15) is 15.0 Å². The topological polar surface area (TPSA) is 154 Å². The number of nitrogen functional groups attached to an aromatic ring is 1. The van der Waals surface area contributed by atoms with Gasteiger partial charge < -0.3 is 26.0 Å². The number of carbonyl (C=O) groups is 1. The molecule has 1 aromatic carbocycles. The molecule has 1 heterocycles. The molecule has 0 radical (unpaired) electrons. The molecule has 7 N–H and O–H groups in total.